The van der Waals surface area contributed by atoms with Gasteiger partial charge in [-0.2, -0.15) is 0 Å². The molecule has 4 nitrogen and oxygen atoms in total. The number of benzene rings is 1. The Morgan fingerprint density at radius 1 is 1.24 bits per heavy atom. The van der Waals surface area contributed by atoms with Gasteiger partial charge in [0.05, 0.1) is 5.56 Å². The van der Waals surface area contributed by atoms with Crippen LogP contribution in [0.4, 0.5) is 13.6 Å². The fourth-order valence-corrected chi connectivity index (χ4v) is 1.70. The predicted molar refractivity (Wildman–Crippen MR) is 74.1 cm³/mol. The summed E-state index contributed by atoms with van der Waals surface area (Å²) in [4.78, 5) is 23.4. The summed E-state index contributed by atoms with van der Waals surface area (Å²) in [6, 6.07) is 2.61. The second kappa shape index (κ2) is 6.65. The van der Waals surface area contributed by atoms with Gasteiger partial charge in [-0.25, -0.2) is 13.6 Å². The number of hydrogen-bond donors (Lipinski definition) is 1. The first-order valence-corrected chi connectivity index (χ1v) is 6.57. The SMILES string of the molecule is CC(CC(=O)c1c(F)cccc1F)NC(=O)OC(C)(C)C. The minimum atomic E-state index is -0.913. The van der Waals surface area contributed by atoms with Gasteiger partial charge in [-0.1, -0.05) is 6.07 Å². The van der Waals surface area contributed by atoms with Gasteiger partial charge in [-0.05, 0) is 39.8 Å². The van der Waals surface area contributed by atoms with E-state index < -0.39 is 40.7 Å². The van der Waals surface area contributed by atoms with Crippen molar-refractivity contribution in [1.82, 2.24) is 5.32 Å². The molecular formula is C15H19F2NO3. The molecule has 0 aliphatic heterocycles. The van der Waals surface area contributed by atoms with Gasteiger partial charge in [0, 0.05) is 12.5 Å². The van der Waals surface area contributed by atoms with E-state index in [9.17, 15) is 18.4 Å². The van der Waals surface area contributed by atoms with Gasteiger partial charge in [0.2, 0.25) is 0 Å². The van der Waals surface area contributed by atoms with E-state index in [0.717, 1.165) is 12.1 Å². The van der Waals surface area contributed by atoms with Crippen molar-refractivity contribution in [2.75, 3.05) is 0 Å². The van der Waals surface area contributed by atoms with E-state index >= 15 is 0 Å². The number of amides is 1. The molecule has 0 aromatic heterocycles. The number of alkyl carbamates (subject to hydrolysis) is 1. The highest BCUT2D eigenvalue weighted by atomic mass is 19.1. The van der Waals surface area contributed by atoms with Crippen LogP contribution in [0.25, 0.3) is 0 Å². The highest BCUT2D eigenvalue weighted by molar-refractivity contribution is 5.97. The third kappa shape index (κ3) is 5.49. The van der Waals surface area contributed by atoms with Crippen LogP contribution in [-0.2, 0) is 4.74 Å². The van der Waals surface area contributed by atoms with Crippen molar-refractivity contribution in [1.29, 1.82) is 0 Å². The monoisotopic (exact) mass is 299 g/mol. The molecule has 0 spiro atoms. The molecule has 0 aliphatic rings. The lowest BCUT2D eigenvalue weighted by atomic mass is 10.0. The van der Waals surface area contributed by atoms with Gasteiger partial charge in [0.25, 0.3) is 0 Å². The van der Waals surface area contributed by atoms with E-state index in [0.29, 0.717) is 0 Å². The zero-order valence-electron chi connectivity index (χ0n) is 12.5. The summed E-state index contributed by atoms with van der Waals surface area (Å²) in [6.45, 7) is 6.67. The van der Waals surface area contributed by atoms with E-state index in [-0.39, 0.29) is 6.42 Å². The largest absolute Gasteiger partial charge is 0.444 e. The molecular weight excluding hydrogens is 280 g/mol. The Morgan fingerprint density at radius 2 is 1.76 bits per heavy atom. The molecule has 1 unspecified atom stereocenters. The van der Waals surface area contributed by atoms with Crippen molar-refractivity contribution in [3.05, 3.63) is 35.4 Å². The molecule has 0 bridgehead atoms. The van der Waals surface area contributed by atoms with Crippen molar-refractivity contribution >= 4 is 11.9 Å². The smallest absolute Gasteiger partial charge is 0.407 e. The third-order valence-corrected chi connectivity index (χ3v) is 2.50. The summed E-state index contributed by atoms with van der Waals surface area (Å²) in [6.07, 6.45) is -0.909. The molecule has 0 saturated carbocycles. The van der Waals surface area contributed by atoms with Crippen LogP contribution in [0, 0.1) is 11.6 Å². The Morgan fingerprint density at radius 3 is 2.24 bits per heavy atom. The van der Waals surface area contributed by atoms with Crippen molar-refractivity contribution in [3.63, 3.8) is 0 Å². The highest BCUT2D eigenvalue weighted by Gasteiger charge is 2.22. The van der Waals surface area contributed by atoms with Crippen LogP contribution < -0.4 is 5.32 Å². The van der Waals surface area contributed by atoms with Crippen LogP contribution >= 0.6 is 0 Å². The Bertz CT molecular complexity index is 518. The Balaban J connectivity index is 2.65. The fourth-order valence-electron chi connectivity index (χ4n) is 1.70. The molecule has 116 valence electrons. The van der Waals surface area contributed by atoms with Gasteiger partial charge < -0.3 is 10.1 Å². The summed E-state index contributed by atoms with van der Waals surface area (Å²) in [7, 11) is 0. The fraction of sp³-hybridized carbons (Fsp3) is 0.467. The third-order valence-electron chi connectivity index (χ3n) is 2.50. The van der Waals surface area contributed by atoms with Gasteiger partial charge in [-0.3, -0.25) is 4.79 Å². The standard InChI is InChI=1S/C15H19F2NO3/c1-9(18-14(20)21-15(2,3)4)8-12(19)13-10(16)6-5-7-11(13)17/h5-7,9H,8H2,1-4H3,(H,18,20). The number of hydrogen-bond acceptors (Lipinski definition) is 3. The molecule has 1 rings (SSSR count). The minimum absolute atomic E-state index is 0.225. The first-order valence-electron chi connectivity index (χ1n) is 6.57. The molecule has 6 heteroatoms. The van der Waals surface area contributed by atoms with E-state index in [1.165, 1.54) is 6.07 Å². The van der Waals surface area contributed by atoms with Crippen LogP contribution in [0.2, 0.25) is 0 Å². The number of ether oxygens (including phenoxy) is 1. The first-order chi connectivity index (χ1) is 9.60. The summed E-state index contributed by atoms with van der Waals surface area (Å²) < 4.78 is 32.0. The molecule has 1 aromatic carbocycles. The van der Waals surface area contributed by atoms with Crippen LogP contribution in [0.15, 0.2) is 18.2 Å². The van der Waals surface area contributed by atoms with Crippen LogP contribution in [-0.4, -0.2) is 23.5 Å². The van der Waals surface area contributed by atoms with Gasteiger partial charge in [0.1, 0.15) is 17.2 Å². The predicted octanol–water partition coefficient (Wildman–Crippen LogP) is 3.45. The molecule has 0 saturated heterocycles. The average Bonchev–Trinajstić information content (AvgIpc) is 2.24. The Kier molecular flexibility index (Phi) is 5.41. The molecule has 0 aliphatic carbocycles. The van der Waals surface area contributed by atoms with Crippen LogP contribution in [0.1, 0.15) is 44.5 Å². The number of carbonyl (C=O) groups excluding carboxylic acids is 2. The van der Waals surface area contributed by atoms with Gasteiger partial charge >= 0.3 is 6.09 Å². The van der Waals surface area contributed by atoms with Crippen molar-refractivity contribution in [3.8, 4) is 0 Å². The van der Waals surface area contributed by atoms with Crippen molar-refractivity contribution in [2.45, 2.75) is 45.8 Å². The van der Waals surface area contributed by atoms with Crippen molar-refractivity contribution in [2.24, 2.45) is 0 Å². The lowest BCUT2D eigenvalue weighted by Gasteiger charge is -2.21. The first kappa shape index (κ1) is 17.1. The minimum Gasteiger partial charge on any atom is -0.444 e. The van der Waals surface area contributed by atoms with Gasteiger partial charge in [0.15, 0.2) is 5.78 Å². The number of rotatable bonds is 4. The quantitative estimate of drug-likeness (QED) is 0.866. The number of Topliss-reactive ketones (excluding diaryl/α,β-unsaturated/α-hetero) is 1. The number of carbonyl (C=O) groups is 2. The van der Waals surface area contributed by atoms with Crippen LogP contribution in [0.5, 0.6) is 0 Å². The van der Waals surface area contributed by atoms with E-state index in [1.54, 1.807) is 27.7 Å². The summed E-state index contributed by atoms with van der Waals surface area (Å²) in [5.41, 5.74) is -1.25. The average molecular weight is 299 g/mol. The maximum absolute atomic E-state index is 13.5. The lowest BCUT2D eigenvalue weighted by Crippen LogP contribution is -2.38. The lowest BCUT2D eigenvalue weighted by molar-refractivity contribution is 0.0506. The molecule has 1 N–H and O–H groups in total. The molecule has 1 atom stereocenters. The Hall–Kier alpha value is -1.98. The van der Waals surface area contributed by atoms with E-state index in [4.69, 9.17) is 4.74 Å². The zero-order valence-corrected chi connectivity index (χ0v) is 12.5. The highest BCUT2D eigenvalue weighted by Crippen LogP contribution is 2.15. The topological polar surface area (TPSA) is 55.4 Å². The second-order valence-electron chi connectivity index (χ2n) is 5.77. The second-order valence-corrected chi connectivity index (χ2v) is 5.77. The Labute approximate surface area is 122 Å². The summed E-state index contributed by atoms with van der Waals surface area (Å²) in [5, 5.41) is 2.45. The van der Waals surface area contributed by atoms with Crippen LogP contribution in [0.3, 0.4) is 0 Å². The zero-order chi connectivity index (χ0) is 16.2. The maximum Gasteiger partial charge on any atom is 0.407 e. The molecule has 21 heavy (non-hydrogen) atoms. The molecule has 0 fully saturated rings. The molecule has 1 amide bonds. The van der Waals surface area contributed by atoms with E-state index in [2.05, 4.69) is 5.32 Å². The summed E-state index contributed by atoms with van der Waals surface area (Å²) >= 11 is 0. The summed E-state index contributed by atoms with van der Waals surface area (Å²) in [5.74, 6) is -2.54. The van der Waals surface area contributed by atoms with Gasteiger partial charge in [-0.15, -0.1) is 0 Å². The number of nitrogens with one attached hydrogen (secondary N) is 1. The number of halogens is 2. The normalized spacial score (nSPS) is 12.7. The number of ketones is 1. The maximum atomic E-state index is 13.5. The molecule has 0 radical (unpaired) electrons. The van der Waals surface area contributed by atoms with E-state index in [1.807, 2.05) is 0 Å². The molecule has 0 heterocycles. The molecule has 1 aromatic rings. The van der Waals surface area contributed by atoms with Crippen molar-refractivity contribution < 1.29 is 23.1 Å².